The van der Waals surface area contributed by atoms with Gasteiger partial charge in [-0.05, 0) is 55.0 Å². The van der Waals surface area contributed by atoms with Crippen molar-refractivity contribution in [2.45, 2.75) is 38.9 Å². The number of hydrogen-bond donors (Lipinski definition) is 0. The van der Waals surface area contributed by atoms with Gasteiger partial charge in [-0.25, -0.2) is 0 Å². The van der Waals surface area contributed by atoms with Gasteiger partial charge >= 0.3 is 13.1 Å². The Balaban J connectivity index is 2.04. The maximum atomic E-state index is 13.1. The molecule has 2 atom stereocenters. The molecule has 0 saturated heterocycles. The molecule has 0 aliphatic rings. The summed E-state index contributed by atoms with van der Waals surface area (Å²) in [5, 5.41) is 0. The van der Waals surface area contributed by atoms with E-state index in [0.29, 0.717) is 11.3 Å². The van der Waals surface area contributed by atoms with Crippen LogP contribution in [0.5, 0.6) is 0 Å². The van der Waals surface area contributed by atoms with E-state index in [4.69, 9.17) is 4.65 Å². The molecule has 31 heavy (non-hydrogen) atoms. The molecule has 0 N–H and O–H groups in total. The average molecular weight is 423 g/mol. The molecule has 0 aliphatic carbocycles. The molecular formula is C25H25BF3NO. The van der Waals surface area contributed by atoms with E-state index in [2.05, 4.69) is 24.9 Å². The van der Waals surface area contributed by atoms with E-state index >= 15 is 0 Å². The van der Waals surface area contributed by atoms with Crippen LogP contribution in [-0.2, 0) is 10.8 Å². The molecule has 0 fully saturated rings. The molecule has 6 heteroatoms. The van der Waals surface area contributed by atoms with Crippen LogP contribution in [0, 0.1) is 0 Å². The lowest BCUT2D eigenvalue weighted by Crippen LogP contribution is -2.39. The monoisotopic (exact) mass is 423 g/mol. The smallest absolute Gasteiger partial charge is 0.416 e. The number of halogens is 3. The van der Waals surface area contributed by atoms with Crippen LogP contribution in [-0.4, -0.2) is 11.9 Å². The van der Waals surface area contributed by atoms with E-state index in [1.165, 1.54) is 17.7 Å². The number of aromatic nitrogens is 1. The molecule has 1 aromatic heterocycles. The fourth-order valence-corrected chi connectivity index (χ4v) is 3.47. The van der Waals surface area contributed by atoms with Gasteiger partial charge in [0, 0.05) is 6.20 Å². The molecule has 2 nitrogen and oxygen atoms in total. The van der Waals surface area contributed by atoms with Crippen LogP contribution < -0.4 is 5.46 Å². The highest BCUT2D eigenvalue weighted by molar-refractivity contribution is 6.69. The zero-order chi connectivity index (χ0) is 22.4. The van der Waals surface area contributed by atoms with Gasteiger partial charge in [-0.3, -0.25) is 4.98 Å². The van der Waals surface area contributed by atoms with Crippen molar-refractivity contribution in [2.75, 3.05) is 0 Å². The maximum absolute atomic E-state index is 13.1. The van der Waals surface area contributed by atoms with Crippen LogP contribution in [0.3, 0.4) is 0 Å². The Morgan fingerprint density at radius 2 is 1.61 bits per heavy atom. The van der Waals surface area contributed by atoms with Crippen molar-refractivity contribution >= 4 is 12.4 Å². The number of benzene rings is 2. The maximum Gasteiger partial charge on any atom is 0.416 e. The van der Waals surface area contributed by atoms with Gasteiger partial charge in [0.25, 0.3) is 0 Å². The third-order valence-corrected chi connectivity index (χ3v) is 5.54. The van der Waals surface area contributed by atoms with Gasteiger partial charge in [-0.15, -0.1) is 0 Å². The predicted molar refractivity (Wildman–Crippen MR) is 119 cm³/mol. The van der Waals surface area contributed by atoms with E-state index in [9.17, 15) is 13.2 Å². The Morgan fingerprint density at radius 1 is 0.968 bits per heavy atom. The second kappa shape index (κ2) is 9.97. The van der Waals surface area contributed by atoms with Crippen molar-refractivity contribution in [1.82, 2.24) is 4.98 Å². The van der Waals surface area contributed by atoms with Gasteiger partial charge in [0.2, 0.25) is 0 Å². The Hall–Kier alpha value is -2.86. The van der Waals surface area contributed by atoms with Crippen LogP contribution in [0.15, 0.2) is 90.6 Å². The number of allylic oxidation sites excluding steroid dienone is 2. The molecule has 160 valence electrons. The molecule has 0 amide bonds. The van der Waals surface area contributed by atoms with Crippen molar-refractivity contribution in [3.63, 3.8) is 0 Å². The van der Waals surface area contributed by atoms with Gasteiger partial charge in [-0.2, -0.15) is 13.2 Å². The summed E-state index contributed by atoms with van der Waals surface area (Å²) in [6.07, 6.45) is -1.28. The first kappa shape index (κ1) is 22.8. The summed E-state index contributed by atoms with van der Waals surface area (Å²) in [5.74, 6) is 0.0630. The molecule has 2 unspecified atom stereocenters. The lowest BCUT2D eigenvalue weighted by Gasteiger charge is -2.28. The lowest BCUT2D eigenvalue weighted by atomic mass is 9.49. The normalized spacial score (nSPS) is 14.2. The minimum atomic E-state index is -4.38. The topological polar surface area (TPSA) is 22.1 Å². The summed E-state index contributed by atoms with van der Waals surface area (Å²) in [5.41, 5.74) is 2.75. The number of pyridine rings is 1. The quantitative estimate of drug-likeness (QED) is 0.321. The molecule has 1 heterocycles. The highest BCUT2D eigenvalue weighted by Gasteiger charge is 2.33. The minimum absolute atomic E-state index is 0.0630. The average Bonchev–Trinajstić information content (AvgIpc) is 2.79. The van der Waals surface area contributed by atoms with Crippen molar-refractivity contribution in [3.8, 4) is 0 Å². The van der Waals surface area contributed by atoms with Crippen molar-refractivity contribution in [3.05, 3.63) is 107 Å². The molecule has 3 aromatic rings. The molecule has 0 saturated carbocycles. The Morgan fingerprint density at radius 3 is 2.16 bits per heavy atom. The van der Waals surface area contributed by atoms with Crippen molar-refractivity contribution in [1.29, 1.82) is 0 Å². The molecule has 0 spiro atoms. The first-order chi connectivity index (χ1) is 14.8. The van der Waals surface area contributed by atoms with Crippen LogP contribution in [0.2, 0.25) is 5.82 Å². The van der Waals surface area contributed by atoms with Crippen molar-refractivity contribution < 1.29 is 17.8 Å². The van der Waals surface area contributed by atoms with Gasteiger partial charge < -0.3 is 4.65 Å². The van der Waals surface area contributed by atoms with Crippen molar-refractivity contribution in [2.24, 2.45) is 0 Å². The summed E-state index contributed by atoms with van der Waals surface area (Å²) in [7, 11) is 0. The number of rotatable bonds is 7. The summed E-state index contributed by atoms with van der Waals surface area (Å²) in [6.45, 7) is 5.83. The Kier molecular flexibility index (Phi) is 7.34. The number of nitrogens with zero attached hydrogens (tertiary/aromatic N) is 1. The zero-order valence-corrected chi connectivity index (χ0v) is 17.8. The minimum Gasteiger partial charge on any atom is -0.418 e. The van der Waals surface area contributed by atoms with E-state index in [0.717, 1.165) is 17.6 Å². The van der Waals surface area contributed by atoms with Gasteiger partial charge in [0.15, 0.2) is 0 Å². The summed E-state index contributed by atoms with van der Waals surface area (Å²) in [6, 6.07) is 20.5. The number of alkyl halides is 3. The molecule has 0 bridgehead atoms. The van der Waals surface area contributed by atoms with Crippen LogP contribution >= 0.6 is 0 Å². The largest absolute Gasteiger partial charge is 0.418 e. The Labute approximate surface area is 181 Å². The Bertz CT molecular complexity index is 989. The standard InChI is InChI=1S/C25H25BF3NO/c1-4-18(2)19(3)26(22-10-6-5-7-11-22)31-24(23-12-8-9-17-30-23)20-13-15-21(16-14-20)25(27,28)29/h4-17,19,24H,1-3H3/b18-4-. The van der Waals surface area contributed by atoms with E-state index < -0.39 is 17.8 Å². The second-order valence-electron chi connectivity index (χ2n) is 7.54. The predicted octanol–water partition coefficient (Wildman–Crippen LogP) is 6.46. The van der Waals surface area contributed by atoms with E-state index in [1.807, 2.05) is 49.4 Å². The third-order valence-electron chi connectivity index (χ3n) is 5.54. The molecule has 0 aliphatic heterocycles. The SMILES string of the molecule is C/C=C(/C)C(C)B(OC(c1ccc(C(F)(F)F)cc1)c1ccccn1)c1ccccc1. The third kappa shape index (κ3) is 5.64. The van der Waals surface area contributed by atoms with Crippen LogP contribution in [0.25, 0.3) is 0 Å². The zero-order valence-electron chi connectivity index (χ0n) is 17.8. The molecule has 0 radical (unpaired) electrons. The summed E-state index contributed by atoms with van der Waals surface area (Å²) >= 11 is 0. The second-order valence-corrected chi connectivity index (χ2v) is 7.54. The fourth-order valence-electron chi connectivity index (χ4n) is 3.47. The first-order valence-electron chi connectivity index (χ1n) is 10.2. The van der Waals surface area contributed by atoms with E-state index in [1.54, 1.807) is 12.3 Å². The summed E-state index contributed by atoms with van der Waals surface area (Å²) < 4.78 is 45.8. The van der Waals surface area contributed by atoms with Gasteiger partial charge in [0.05, 0.1) is 11.3 Å². The number of hydrogen-bond acceptors (Lipinski definition) is 2. The van der Waals surface area contributed by atoms with Crippen LogP contribution in [0.1, 0.15) is 43.7 Å². The summed E-state index contributed by atoms with van der Waals surface area (Å²) in [4.78, 5) is 4.44. The lowest BCUT2D eigenvalue weighted by molar-refractivity contribution is -0.137. The molecular weight excluding hydrogens is 398 g/mol. The van der Waals surface area contributed by atoms with Gasteiger partial charge in [0.1, 0.15) is 6.10 Å². The fraction of sp³-hybridized carbons (Fsp3) is 0.240. The van der Waals surface area contributed by atoms with E-state index in [-0.39, 0.29) is 12.7 Å². The molecule has 2 aromatic carbocycles. The van der Waals surface area contributed by atoms with Crippen LogP contribution in [0.4, 0.5) is 13.2 Å². The highest BCUT2D eigenvalue weighted by atomic mass is 19.4. The van der Waals surface area contributed by atoms with Gasteiger partial charge in [-0.1, -0.05) is 67.1 Å². The highest BCUT2D eigenvalue weighted by Crippen LogP contribution is 2.33. The first-order valence-corrected chi connectivity index (χ1v) is 10.2. The molecule has 3 rings (SSSR count).